The molecule has 0 saturated carbocycles. The number of hydrogen-bond donors (Lipinski definition) is 2. The third kappa shape index (κ3) is 5.63. The molecule has 0 aliphatic rings. The molecule has 138 valence electrons. The van der Waals surface area contributed by atoms with Crippen LogP contribution in [0.1, 0.15) is 20.8 Å². The van der Waals surface area contributed by atoms with Crippen molar-refractivity contribution in [3.8, 4) is 0 Å². The lowest BCUT2D eigenvalue weighted by Crippen LogP contribution is -2.32. The Balaban J connectivity index is 1.51. The minimum Gasteiger partial charge on any atom is -0.343 e. The molecule has 3 aromatic rings. The van der Waals surface area contributed by atoms with Gasteiger partial charge < -0.3 is 10.6 Å². The molecule has 0 fully saturated rings. The van der Waals surface area contributed by atoms with E-state index in [4.69, 9.17) is 11.6 Å². The second kappa shape index (κ2) is 9.12. The Morgan fingerprint density at radius 2 is 1.85 bits per heavy atom. The quantitative estimate of drug-likeness (QED) is 0.563. The summed E-state index contributed by atoms with van der Waals surface area (Å²) in [5.74, 6) is -0.745. The Kier molecular flexibility index (Phi) is 6.60. The molecule has 0 unspecified atom stereocenters. The largest absolute Gasteiger partial charge is 0.343 e. The summed E-state index contributed by atoms with van der Waals surface area (Å²) in [6.07, 6.45) is 2.48. The lowest BCUT2D eigenvalue weighted by molar-refractivity contribution is -0.115. The molecule has 1 heterocycles. The monoisotopic (exact) mass is 463 g/mol. The first-order valence-corrected chi connectivity index (χ1v) is 10.0. The molecular weight excluding hydrogens is 450 g/mol. The van der Waals surface area contributed by atoms with E-state index in [1.807, 2.05) is 24.3 Å². The molecule has 2 amide bonds. The first-order valence-electron chi connectivity index (χ1n) is 8.03. The van der Waals surface area contributed by atoms with Gasteiger partial charge >= 0.3 is 0 Å². The van der Waals surface area contributed by atoms with Crippen LogP contribution in [0.2, 0.25) is 5.02 Å². The average Bonchev–Trinajstić information content (AvgIpc) is 3.09. The summed E-state index contributed by atoms with van der Waals surface area (Å²) in [5.41, 5.74) is 1.49. The fourth-order valence-corrected chi connectivity index (χ4v) is 3.66. The van der Waals surface area contributed by atoms with Gasteiger partial charge in [0.2, 0.25) is 5.91 Å². The van der Waals surface area contributed by atoms with E-state index < -0.39 is 5.91 Å². The fourth-order valence-electron chi connectivity index (χ4n) is 2.32. The molecule has 2 N–H and O–H groups in total. The van der Waals surface area contributed by atoms with Crippen molar-refractivity contribution in [3.63, 3.8) is 0 Å². The number of nitrogens with zero attached hydrogens (tertiary/aromatic N) is 1. The van der Waals surface area contributed by atoms with E-state index in [0.717, 1.165) is 21.3 Å². The molecule has 8 heteroatoms. The third-order valence-corrected chi connectivity index (χ3v) is 5.39. The van der Waals surface area contributed by atoms with Gasteiger partial charge in [-0.05, 0) is 29.8 Å². The Hall–Kier alpha value is -2.22. The maximum absolute atomic E-state index is 12.1. The van der Waals surface area contributed by atoms with Crippen LogP contribution in [-0.2, 0) is 11.2 Å². The van der Waals surface area contributed by atoms with Crippen LogP contribution in [0.15, 0.2) is 59.2 Å². The summed E-state index contributed by atoms with van der Waals surface area (Å²) < 4.78 is 1.03. The predicted octanol–water partition coefficient (Wildman–Crippen LogP) is 4.52. The molecule has 0 atom stereocenters. The van der Waals surface area contributed by atoms with Crippen molar-refractivity contribution in [1.29, 1.82) is 0 Å². The zero-order chi connectivity index (χ0) is 19.2. The topological polar surface area (TPSA) is 71.1 Å². The smallest absolute Gasteiger partial charge is 0.253 e. The molecule has 0 spiro atoms. The molecule has 0 aliphatic heterocycles. The van der Waals surface area contributed by atoms with Crippen molar-refractivity contribution in [2.45, 2.75) is 6.42 Å². The second-order valence-corrected chi connectivity index (χ2v) is 8.08. The standard InChI is InChI=1S/C19H15BrClN3O2S/c20-13-7-5-12(6-8-13)9-14-10-23-19(27-14)24-17(25)11-22-18(26)15-3-1-2-4-16(15)21/h1-8,10H,9,11H2,(H,22,26)(H,23,24,25). The minimum atomic E-state index is -0.397. The van der Waals surface area contributed by atoms with Gasteiger partial charge in [0.15, 0.2) is 5.13 Å². The molecule has 27 heavy (non-hydrogen) atoms. The fraction of sp³-hybridized carbons (Fsp3) is 0.105. The molecule has 0 bridgehead atoms. The number of benzene rings is 2. The minimum absolute atomic E-state index is 0.161. The SMILES string of the molecule is O=C(CNC(=O)c1ccccc1Cl)Nc1ncc(Cc2ccc(Br)cc2)s1. The first kappa shape index (κ1) is 19.5. The summed E-state index contributed by atoms with van der Waals surface area (Å²) in [7, 11) is 0. The van der Waals surface area contributed by atoms with Crippen LogP contribution in [0.4, 0.5) is 5.13 Å². The van der Waals surface area contributed by atoms with Crippen molar-refractivity contribution < 1.29 is 9.59 Å². The van der Waals surface area contributed by atoms with Crippen molar-refractivity contribution in [1.82, 2.24) is 10.3 Å². The Morgan fingerprint density at radius 3 is 2.59 bits per heavy atom. The highest BCUT2D eigenvalue weighted by Crippen LogP contribution is 2.22. The van der Waals surface area contributed by atoms with Gasteiger partial charge in [0.25, 0.3) is 5.91 Å². The number of halogens is 2. The molecular formula is C19H15BrClN3O2S. The van der Waals surface area contributed by atoms with Crippen LogP contribution in [-0.4, -0.2) is 23.3 Å². The number of aromatic nitrogens is 1. The lowest BCUT2D eigenvalue weighted by Gasteiger charge is -2.06. The van der Waals surface area contributed by atoms with Gasteiger partial charge in [-0.3, -0.25) is 9.59 Å². The van der Waals surface area contributed by atoms with E-state index in [1.165, 1.54) is 11.3 Å². The number of hydrogen-bond acceptors (Lipinski definition) is 4. The Bertz CT molecular complexity index is 960. The highest BCUT2D eigenvalue weighted by Gasteiger charge is 2.12. The normalized spacial score (nSPS) is 10.4. The zero-order valence-electron chi connectivity index (χ0n) is 14.0. The van der Waals surface area contributed by atoms with Gasteiger partial charge in [-0.2, -0.15) is 0 Å². The summed E-state index contributed by atoms with van der Waals surface area (Å²) >= 11 is 10.8. The van der Waals surface area contributed by atoms with E-state index in [1.54, 1.807) is 30.5 Å². The number of carbonyl (C=O) groups is 2. The number of rotatable bonds is 6. The van der Waals surface area contributed by atoms with E-state index in [0.29, 0.717) is 15.7 Å². The van der Waals surface area contributed by atoms with Crippen molar-refractivity contribution in [3.05, 3.63) is 80.2 Å². The van der Waals surface area contributed by atoms with Crippen LogP contribution >= 0.6 is 38.9 Å². The molecule has 3 rings (SSSR count). The van der Waals surface area contributed by atoms with E-state index >= 15 is 0 Å². The summed E-state index contributed by atoms with van der Waals surface area (Å²) in [6.45, 7) is -0.161. The summed E-state index contributed by atoms with van der Waals surface area (Å²) in [4.78, 5) is 29.4. The Labute approximate surface area is 173 Å². The van der Waals surface area contributed by atoms with Gasteiger partial charge in [-0.15, -0.1) is 11.3 Å². The van der Waals surface area contributed by atoms with Crippen LogP contribution < -0.4 is 10.6 Å². The van der Waals surface area contributed by atoms with Crippen LogP contribution in [0.25, 0.3) is 0 Å². The van der Waals surface area contributed by atoms with Crippen molar-refractivity contribution in [2.24, 2.45) is 0 Å². The number of amides is 2. The van der Waals surface area contributed by atoms with Crippen molar-refractivity contribution >= 4 is 55.8 Å². The van der Waals surface area contributed by atoms with Crippen LogP contribution in [0.5, 0.6) is 0 Å². The molecule has 0 radical (unpaired) electrons. The van der Waals surface area contributed by atoms with E-state index in [9.17, 15) is 9.59 Å². The molecule has 0 saturated heterocycles. The van der Waals surface area contributed by atoms with Crippen molar-refractivity contribution in [2.75, 3.05) is 11.9 Å². The zero-order valence-corrected chi connectivity index (χ0v) is 17.2. The maximum Gasteiger partial charge on any atom is 0.253 e. The highest BCUT2D eigenvalue weighted by atomic mass is 79.9. The number of carbonyl (C=O) groups excluding carboxylic acids is 2. The van der Waals surface area contributed by atoms with E-state index in [2.05, 4.69) is 31.5 Å². The summed E-state index contributed by atoms with van der Waals surface area (Å²) in [5, 5.41) is 6.08. The predicted molar refractivity (Wildman–Crippen MR) is 111 cm³/mol. The van der Waals surface area contributed by atoms with Gasteiger partial charge in [0, 0.05) is 22.0 Å². The van der Waals surface area contributed by atoms with Gasteiger partial charge in [-0.25, -0.2) is 4.98 Å². The number of thiazole rings is 1. The van der Waals surface area contributed by atoms with Gasteiger partial charge in [0.1, 0.15) is 0 Å². The molecule has 2 aromatic carbocycles. The first-order chi connectivity index (χ1) is 13.0. The highest BCUT2D eigenvalue weighted by molar-refractivity contribution is 9.10. The number of anilines is 1. The number of nitrogens with one attached hydrogen (secondary N) is 2. The van der Waals surface area contributed by atoms with Gasteiger partial charge in [-0.1, -0.05) is 51.8 Å². The van der Waals surface area contributed by atoms with Crippen LogP contribution in [0, 0.1) is 0 Å². The molecule has 5 nitrogen and oxygen atoms in total. The van der Waals surface area contributed by atoms with E-state index in [-0.39, 0.29) is 12.5 Å². The third-order valence-electron chi connectivity index (χ3n) is 3.62. The summed E-state index contributed by atoms with van der Waals surface area (Å²) in [6, 6.07) is 14.7. The molecule has 1 aromatic heterocycles. The van der Waals surface area contributed by atoms with Gasteiger partial charge in [0.05, 0.1) is 17.1 Å². The molecule has 0 aliphatic carbocycles. The maximum atomic E-state index is 12.1. The second-order valence-electron chi connectivity index (χ2n) is 5.65. The lowest BCUT2D eigenvalue weighted by atomic mass is 10.1. The Morgan fingerprint density at radius 1 is 1.11 bits per heavy atom. The van der Waals surface area contributed by atoms with Crippen LogP contribution in [0.3, 0.4) is 0 Å². The average molecular weight is 465 g/mol.